The summed E-state index contributed by atoms with van der Waals surface area (Å²) >= 11 is 0. The van der Waals surface area contributed by atoms with Crippen molar-refractivity contribution in [1.29, 1.82) is 0 Å². The average molecular weight is 530 g/mol. The number of nitrogens with one attached hydrogen (secondary N) is 2. The number of nitrogens with zero attached hydrogens (tertiary/aromatic N) is 2. The van der Waals surface area contributed by atoms with E-state index in [1.54, 1.807) is 27.3 Å². The van der Waals surface area contributed by atoms with Gasteiger partial charge in [-0.2, -0.15) is 13.2 Å². The Balaban J connectivity index is 0.00000784. The van der Waals surface area contributed by atoms with Crippen LogP contribution in [0.5, 0.6) is 0 Å². The van der Waals surface area contributed by atoms with Crippen LogP contribution in [0.3, 0.4) is 0 Å². The van der Waals surface area contributed by atoms with Crippen LogP contribution in [0.4, 0.5) is 13.2 Å². The van der Waals surface area contributed by atoms with E-state index in [9.17, 15) is 18.0 Å². The molecule has 0 spiro atoms. The Bertz CT molecular complexity index is 655. The number of benzene rings is 1. The molecule has 2 N–H and O–H groups in total. The molecule has 0 aliphatic heterocycles. The third-order valence-electron chi connectivity index (χ3n) is 4.12. The standard InChI is InChI=1S/C19H29F3N4O2.HI/c1-14(15-6-5-7-16(12-15)19(20,21)22)8-9-23-18(24-10-11-28-4)25-13-17(27)26(2)3;/h5-7,12,14H,8-11,13H2,1-4H3,(H2,23,24,25);1H. The maximum Gasteiger partial charge on any atom is 0.416 e. The van der Waals surface area contributed by atoms with E-state index in [0.29, 0.717) is 37.6 Å². The van der Waals surface area contributed by atoms with E-state index in [4.69, 9.17) is 4.74 Å². The van der Waals surface area contributed by atoms with Crippen molar-refractivity contribution in [2.45, 2.75) is 25.4 Å². The monoisotopic (exact) mass is 530 g/mol. The predicted octanol–water partition coefficient (Wildman–Crippen LogP) is 3.09. The van der Waals surface area contributed by atoms with Gasteiger partial charge in [-0.05, 0) is 24.0 Å². The van der Waals surface area contributed by atoms with E-state index >= 15 is 0 Å². The number of alkyl halides is 3. The van der Waals surface area contributed by atoms with Crippen LogP contribution < -0.4 is 10.6 Å². The number of rotatable bonds is 9. The second-order valence-electron chi connectivity index (χ2n) is 6.61. The van der Waals surface area contributed by atoms with Gasteiger partial charge in [0.15, 0.2) is 5.96 Å². The van der Waals surface area contributed by atoms with Crippen LogP contribution in [0.15, 0.2) is 29.3 Å². The van der Waals surface area contributed by atoms with Gasteiger partial charge in [0.1, 0.15) is 6.54 Å². The second-order valence-corrected chi connectivity index (χ2v) is 6.61. The minimum absolute atomic E-state index is 0. The van der Waals surface area contributed by atoms with Crippen LogP contribution in [0.1, 0.15) is 30.4 Å². The predicted molar refractivity (Wildman–Crippen MR) is 119 cm³/mol. The molecule has 1 unspecified atom stereocenters. The lowest BCUT2D eigenvalue weighted by Crippen LogP contribution is -2.40. The van der Waals surface area contributed by atoms with Crippen molar-refractivity contribution in [1.82, 2.24) is 15.5 Å². The first-order valence-electron chi connectivity index (χ1n) is 9.03. The minimum atomic E-state index is -4.35. The molecule has 29 heavy (non-hydrogen) atoms. The lowest BCUT2D eigenvalue weighted by atomic mass is 9.96. The van der Waals surface area contributed by atoms with Crippen LogP contribution >= 0.6 is 24.0 Å². The summed E-state index contributed by atoms with van der Waals surface area (Å²) in [6.07, 6.45) is -3.74. The van der Waals surface area contributed by atoms with Crippen molar-refractivity contribution in [3.8, 4) is 0 Å². The number of methoxy groups -OCH3 is 1. The molecule has 1 aromatic carbocycles. The highest BCUT2D eigenvalue weighted by molar-refractivity contribution is 14.0. The summed E-state index contributed by atoms with van der Waals surface area (Å²) in [7, 11) is 4.89. The summed E-state index contributed by atoms with van der Waals surface area (Å²) in [5.41, 5.74) is -0.0132. The van der Waals surface area contributed by atoms with E-state index in [-0.39, 0.29) is 42.3 Å². The lowest BCUT2D eigenvalue weighted by molar-refractivity contribution is -0.137. The summed E-state index contributed by atoms with van der Waals surface area (Å²) in [5, 5.41) is 6.16. The normalized spacial score (nSPS) is 12.7. The van der Waals surface area contributed by atoms with Crippen molar-refractivity contribution < 1.29 is 22.7 Å². The zero-order valence-electron chi connectivity index (χ0n) is 17.2. The molecule has 10 heteroatoms. The largest absolute Gasteiger partial charge is 0.416 e. The van der Waals surface area contributed by atoms with Gasteiger partial charge in [-0.15, -0.1) is 24.0 Å². The van der Waals surface area contributed by atoms with E-state index in [1.165, 1.54) is 17.0 Å². The van der Waals surface area contributed by atoms with Crippen LogP contribution in [0.25, 0.3) is 0 Å². The fourth-order valence-corrected chi connectivity index (χ4v) is 2.33. The number of halogens is 4. The molecule has 0 saturated carbocycles. The fraction of sp³-hybridized carbons (Fsp3) is 0.579. The quantitative estimate of drug-likeness (QED) is 0.223. The lowest BCUT2D eigenvalue weighted by Gasteiger charge is -2.17. The Morgan fingerprint density at radius 1 is 1.24 bits per heavy atom. The van der Waals surface area contributed by atoms with Crippen LogP contribution in [0.2, 0.25) is 0 Å². The van der Waals surface area contributed by atoms with Crippen molar-refractivity contribution in [2.24, 2.45) is 4.99 Å². The molecule has 1 amide bonds. The highest BCUT2D eigenvalue weighted by atomic mass is 127. The number of guanidine groups is 1. The molecular formula is C19H30F3IN4O2. The maximum absolute atomic E-state index is 12.9. The first-order chi connectivity index (χ1) is 13.1. The van der Waals surface area contributed by atoms with Crippen LogP contribution in [0, 0.1) is 0 Å². The number of likely N-dealkylation sites (N-methyl/N-ethyl adjacent to an activating group) is 1. The average Bonchev–Trinajstić information content (AvgIpc) is 2.64. The highest BCUT2D eigenvalue weighted by Crippen LogP contribution is 2.31. The molecule has 166 valence electrons. The van der Waals surface area contributed by atoms with Gasteiger partial charge in [-0.1, -0.05) is 25.1 Å². The number of ether oxygens (including phenoxy) is 1. The number of amides is 1. The molecular weight excluding hydrogens is 500 g/mol. The number of carbonyl (C=O) groups is 1. The smallest absolute Gasteiger partial charge is 0.383 e. The van der Waals surface area contributed by atoms with Gasteiger partial charge in [0.25, 0.3) is 0 Å². The van der Waals surface area contributed by atoms with E-state index in [2.05, 4.69) is 15.6 Å². The molecule has 0 fully saturated rings. The third-order valence-corrected chi connectivity index (χ3v) is 4.12. The van der Waals surface area contributed by atoms with Crippen molar-refractivity contribution in [3.63, 3.8) is 0 Å². The van der Waals surface area contributed by atoms with Gasteiger partial charge < -0.3 is 20.3 Å². The topological polar surface area (TPSA) is 66.0 Å². The fourth-order valence-electron chi connectivity index (χ4n) is 2.33. The first-order valence-corrected chi connectivity index (χ1v) is 9.03. The number of hydrogen-bond donors (Lipinski definition) is 2. The molecule has 0 aliphatic rings. The first kappa shape index (κ1) is 27.4. The van der Waals surface area contributed by atoms with Crippen molar-refractivity contribution in [3.05, 3.63) is 35.4 Å². The number of carbonyl (C=O) groups excluding carboxylic acids is 1. The number of aliphatic imine (C=N–C) groups is 1. The molecule has 6 nitrogen and oxygen atoms in total. The number of hydrogen-bond acceptors (Lipinski definition) is 3. The third kappa shape index (κ3) is 10.7. The maximum atomic E-state index is 12.9. The SMILES string of the molecule is COCCNC(=NCC(=O)N(C)C)NCCC(C)c1cccc(C(F)(F)F)c1.I. The van der Waals surface area contributed by atoms with Crippen molar-refractivity contribution >= 4 is 35.8 Å². The molecule has 1 atom stereocenters. The van der Waals surface area contributed by atoms with Crippen LogP contribution in [-0.4, -0.2) is 64.2 Å². The van der Waals surface area contributed by atoms with Gasteiger partial charge in [-0.25, -0.2) is 4.99 Å². The van der Waals surface area contributed by atoms with Crippen LogP contribution in [-0.2, 0) is 15.7 Å². The zero-order valence-corrected chi connectivity index (χ0v) is 19.5. The molecule has 0 saturated heterocycles. The van der Waals surface area contributed by atoms with Crippen molar-refractivity contribution in [2.75, 3.05) is 47.4 Å². The molecule has 1 rings (SSSR count). The summed E-state index contributed by atoms with van der Waals surface area (Å²) in [6, 6.07) is 5.38. The second kappa shape index (κ2) is 13.6. The van der Waals surface area contributed by atoms with Gasteiger partial charge in [-0.3, -0.25) is 4.79 Å². The van der Waals surface area contributed by atoms with Gasteiger partial charge in [0.2, 0.25) is 5.91 Å². The van der Waals surface area contributed by atoms with E-state index in [1.807, 2.05) is 6.92 Å². The summed E-state index contributed by atoms with van der Waals surface area (Å²) in [4.78, 5) is 17.4. The van der Waals surface area contributed by atoms with Gasteiger partial charge >= 0.3 is 6.18 Å². The Morgan fingerprint density at radius 3 is 2.48 bits per heavy atom. The molecule has 0 radical (unpaired) electrons. The Labute approximate surface area is 187 Å². The molecule has 0 bridgehead atoms. The van der Waals surface area contributed by atoms with Gasteiger partial charge in [0.05, 0.1) is 12.2 Å². The highest BCUT2D eigenvalue weighted by Gasteiger charge is 2.30. The van der Waals surface area contributed by atoms with E-state index < -0.39 is 11.7 Å². The summed E-state index contributed by atoms with van der Waals surface area (Å²) in [6.45, 7) is 3.36. The van der Waals surface area contributed by atoms with E-state index in [0.717, 1.165) is 6.07 Å². The summed E-state index contributed by atoms with van der Waals surface area (Å²) < 4.78 is 43.6. The summed E-state index contributed by atoms with van der Waals surface area (Å²) in [5.74, 6) is 0.257. The Morgan fingerprint density at radius 2 is 1.90 bits per heavy atom. The molecule has 0 aliphatic carbocycles. The zero-order chi connectivity index (χ0) is 21.2. The van der Waals surface area contributed by atoms with Gasteiger partial charge in [0, 0.05) is 34.3 Å². The Kier molecular flexibility index (Phi) is 12.9. The molecule has 0 aromatic heterocycles. The Hall–Kier alpha value is -1.56. The molecule has 0 heterocycles. The molecule has 1 aromatic rings. The minimum Gasteiger partial charge on any atom is -0.383 e.